The first-order chi connectivity index (χ1) is 13.7. The molecule has 0 bridgehead atoms. The van der Waals surface area contributed by atoms with E-state index in [1.54, 1.807) is 0 Å². The van der Waals surface area contributed by atoms with E-state index in [1.165, 1.54) is 32.1 Å². The molecule has 0 fully saturated rings. The molecule has 0 radical (unpaired) electrons. The predicted molar refractivity (Wildman–Crippen MR) is 112 cm³/mol. The van der Waals surface area contributed by atoms with Gasteiger partial charge in [-0.2, -0.15) is 0 Å². The minimum Gasteiger partial charge on any atom is -0.456 e. The smallest absolute Gasteiger partial charge is 0.407 e. The number of carbonyl (C=O) groups excluding carboxylic acids is 1. The molecule has 0 saturated heterocycles. The van der Waals surface area contributed by atoms with Crippen LogP contribution in [0.25, 0.3) is 0 Å². The van der Waals surface area contributed by atoms with E-state index in [0.717, 1.165) is 41.0 Å². The van der Waals surface area contributed by atoms with Crippen molar-refractivity contribution >= 4 is 6.09 Å². The summed E-state index contributed by atoms with van der Waals surface area (Å²) < 4.78 is 11.5. The molecule has 1 amide bonds. The molecule has 1 heterocycles. The van der Waals surface area contributed by atoms with Crippen molar-refractivity contribution in [2.75, 3.05) is 6.61 Å². The molecule has 3 rings (SSSR count). The average molecular weight is 382 g/mol. The minimum absolute atomic E-state index is 0.263. The molecule has 1 aliphatic heterocycles. The van der Waals surface area contributed by atoms with E-state index in [1.807, 2.05) is 49.4 Å². The van der Waals surface area contributed by atoms with Crippen LogP contribution in [-0.4, -0.2) is 12.7 Å². The highest BCUT2D eigenvalue weighted by Gasteiger charge is 2.29. The lowest BCUT2D eigenvalue weighted by Crippen LogP contribution is -2.32. The second-order valence-electron chi connectivity index (χ2n) is 7.47. The van der Waals surface area contributed by atoms with Gasteiger partial charge >= 0.3 is 6.09 Å². The maximum Gasteiger partial charge on any atom is 0.407 e. The van der Waals surface area contributed by atoms with Crippen molar-refractivity contribution in [2.24, 2.45) is 0 Å². The van der Waals surface area contributed by atoms with E-state index < -0.39 is 0 Å². The largest absolute Gasteiger partial charge is 0.456 e. The fraction of sp³-hybridized carbons (Fsp3) is 0.458. The third-order valence-corrected chi connectivity index (χ3v) is 5.24. The van der Waals surface area contributed by atoms with E-state index in [4.69, 9.17) is 9.47 Å². The van der Waals surface area contributed by atoms with Crippen LogP contribution in [0.5, 0.6) is 11.5 Å². The Kier molecular flexibility index (Phi) is 7.35. The Morgan fingerprint density at radius 1 is 0.964 bits per heavy atom. The van der Waals surface area contributed by atoms with Crippen molar-refractivity contribution in [3.63, 3.8) is 0 Å². The molecule has 1 atom stereocenters. The van der Waals surface area contributed by atoms with Crippen LogP contribution in [0.2, 0.25) is 0 Å². The number of fused-ring (bicyclic) bond motifs is 2. The van der Waals surface area contributed by atoms with Crippen molar-refractivity contribution in [1.82, 2.24) is 5.32 Å². The van der Waals surface area contributed by atoms with Crippen LogP contribution in [-0.2, 0) is 4.74 Å². The molecular weight excluding hydrogens is 350 g/mol. The van der Waals surface area contributed by atoms with Crippen LogP contribution in [0.3, 0.4) is 0 Å². The first kappa shape index (κ1) is 20.2. The lowest BCUT2D eigenvalue weighted by atomic mass is 9.93. The summed E-state index contributed by atoms with van der Waals surface area (Å²) in [6.45, 7) is 4.71. The Labute approximate surface area is 168 Å². The molecule has 0 aromatic heterocycles. The number of ether oxygens (including phenoxy) is 2. The molecule has 28 heavy (non-hydrogen) atoms. The van der Waals surface area contributed by atoms with Gasteiger partial charge < -0.3 is 14.8 Å². The van der Waals surface area contributed by atoms with Crippen molar-refractivity contribution in [3.8, 4) is 11.5 Å². The number of amides is 1. The Bertz CT molecular complexity index is 787. The monoisotopic (exact) mass is 381 g/mol. The van der Waals surface area contributed by atoms with Crippen LogP contribution in [0.4, 0.5) is 4.79 Å². The molecule has 2 aromatic carbocycles. The van der Waals surface area contributed by atoms with Crippen molar-refractivity contribution in [2.45, 2.75) is 64.8 Å². The van der Waals surface area contributed by atoms with Gasteiger partial charge in [0, 0.05) is 11.1 Å². The van der Waals surface area contributed by atoms with Crippen LogP contribution in [0.15, 0.2) is 42.5 Å². The Balaban J connectivity index is 1.55. The van der Waals surface area contributed by atoms with Crippen LogP contribution < -0.4 is 10.1 Å². The van der Waals surface area contributed by atoms with Gasteiger partial charge in [0.2, 0.25) is 0 Å². The van der Waals surface area contributed by atoms with Gasteiger partial charge in [-0.3, -0.25) is 0 Å². The highest BCUT2D eigenvalue weighted by molar-refractivity contribution is 5.70. The van der Waals surface area contributed by atoms with E-state index in [9.17, 15) is 4.79 Å². The number of hydrogen-bond donors (Lipinski definition) is 1. The highest BCUT2D eigenvalue weighted by atomic mass is 16.5. The first-order valence-electron chi connectivity index (χ1n) is 10.5. The summed E-state index contributed by atoms with van der Waals surface area (Å²) in [6.07, 6.45) is 8.02. The zero-order valence-electron chi connectivity index (χ0n) is 17.0. The number of unbranched alkanes of at least 4 members (excludes halogenated alkanes) is 6. The molecule has 4 nitrogen and oxygen atoms in total. The Morgan fingerprint density at radius 2 is 1.68 bits per heavy atom. The van der Waals surface area contributed by atoms with Crippen molar-refractivity contribution in [1.29, 1.82) is 0 Å². The minimum atomic E-state index is -0.375. The third-order valence-electron chi connectivity index (χ3n) is 5.24. The maximum absolute atomic E-state index is 12.4. The van der Waals surface area contributed by atoms with Gasteiger partial charge in [0.25, 0.3) is 0 Å². The SMILES string of the molecule is CCCCCCCCCOC(=O)N[C@H]1c2ccccc2Oc2c(C)cccc21. The Morgan fingerprint density at radius 3 is 2.50 bits per heavy atom. The quantitative estimate of drug-likeness (QED) is 0.494. The summed E-state index contributed by atoms with van der Waals surface area (Å²) in [4.78, 5) is 12.4. The van der Waals surface area contributed by atoms with E-state index in [-0.39, 0.29) is 12.1 Å². The summed E-state index contributed by atoms with van der Waals surface area (Å²) >= 11 is 0. The fourth-order valence-corrected chi connectivity index (χ4v) is 3.67. The molecule has 0 spiro atoms. The normalized spacial score (nSPS) is 14.6. The fourth-order valence-electron chi connectivity index (χ4n) is 3.67. The van der Waals surface area contributed by atoms with Gasteiger partial charge in [-0.1, -0.05) is 81.8 Å². The van der Waals surface area contributed by atoms with Crippen molar-refractivity contribution < 1.29 is 14.3 Å². The second-order valence-corrected chi connectivity index (χ2v) is 7.47. The van der Waals surface area contributed by atoms with Gasteiger partial charge in [-0.05, 0) is 25.0 Å². The molecule has 4 heteroatoms. The van der Waals surface area contributed by atoms with Gasteiger partial charge in [-0.25, -0.2) is 4.79 Å². The van der Waals surface area contributed by atoms with Crippen LogP contribution in [0, 0.1) is 6.92 Å². The van der Waals surface area contributed by atoms with Gasteiger partial charge in [-0.15, -0.1) is 0 Å². The molecular formula is C24H31NO3. The molecule has 0 aliphatic carbocycles. The summed E-state index contributed by atoms with van der Waals surface area (Å²) in [5.41, 5.74) is 2.97. The zero-order valence-corrected chi connectivity index (χ0v) is 17.0. The van der Waals surface area contributed by atoms with Gasteiger partial charge in [0.1, 0.15) is 11.5 Å². The number of hydrogen-bond acceptors (Lipinski definition) is 3. The number of benzene rings is 2. The number of alkyl carbamates (subject to hydrolysis) is 1. The summed E-state index contributed by atoms with van der Waals surface area (Å²) in [5, 5.41) is 3.04. The summed E-state index contributed by atoms with van der Waals surface area (Å²) in [6, 6.07) is 13.6. The molecule has 2 aromatic rings. The molecule has 0 saturated carbocycles. The number of carbonyl (C=O) groups is 1. The molecule has 150 valence electrons. The zero-order chi connectivity index (χ0) is 19.8. The third kappa shape index (κ3) is 5.06. The predicted octanol–water partition coefficient (Wildman–Crippen LogP) is 6.67. The number of aryl methyl sites for hydroxylation is 1. The maximum atomic E-state index is 12.4. The number of para-hydroxylation sites is 2. The standard InChI is InChI=1S/C24H31NO3/c1-3-4-5-6-7-8-11-17-27-24(26)25-22-19-14-9-10-16-21(19)28-23-18(2)13-12-15-20(22)23/h9-10,12-16,22H,3-8,11,17H2,1-2H3,(H,25,26)/t22-/m0/s1. The van der Waals surface area contributed by atoms with Crippen molar-refractivity contribution in [3.05, 3.63) is 59.2 Å². The van der Waals surface area contributed by atoms with Crippen LogP contribution in [0.1, 0.15) is 74.6 Å². The topological polar surface area (TPSA) is 47.6 Å². The van der Waals surface area contributed by atoms with E-state index in [2.05, 4.69) is 12.2 Å². The summed E-state index contributed by atoms with van der Waals surface area (Å²) in [7, 11) is 0. The molecule has 1 N–H and O–H groups in total. The molecule has 0 unspecified atom stereocenters. The van der Waals surface area contributed by atoms with Gasteiger partial charge in [0.05, 0.1) is 12.6 Å². The lowest BCUT2D eigenvalue weighted by molar-refractivity contribution is 0.141. The highest BCUT2D eigenvalue weighted by Crippen LogP contribution is 2.44. The second kappa shape index (κ2) is 10.2. The van der Waals surface area contributed by atoms with Crippen LogP contribution >= 0.6 is 0 Å². The number of rotatable bonds is 9. The first-order valence-corrected chi connectivity index (χ1v) is 10.5. The average Bonchev–Trinajstić information content (AvgIpc) is 2.70. The number of nitrogens with one attached hydrogen (secondary N) is 1. The Hall–Kier alpha value is -2.49. The van der Waals surface area contributed by atoms with E-state index in [0.29, 0.717) is 6.61 Å². The van der Waals surface area contributed by atoms with E-state index >= 15 is 0 Å². The lowest BCUT2D eigenvalue weighted by Gasteiger charge is -2.29. The molecule has 1 aliphatic rings. The summed E-state index contributed by atoms with van der Waals surface area (Å²) in [5.74, 6) is 1.60. The van der Waals surface area contributed by atoms with Gasteiger partial charge in [0.15, 0.2) is 0 Å².